The molecule has 0 saturated heterocycles. The van der Waals surface area contributed by atoms with E-state index in [0.29, 0.717) is 6.54 Å². The number of carboxylic acids is 1. The van der Waals surface area contributed by atoms with E-state index in [0.717, 1.165) is 33.3 Å². The van der Waals surface area contributed by atoms with Crippen LogP contribution in [0.15, 0.2) is 115 Å². The molecule has 0 spiro atoms. The van der Waals surface area contributed by atoms with Crippen molar-refractivity contribution in [1.29, 1.82) is 0 Å². The second-order valence-electron chi connectivity index (χ2n) is 9.07. The maximum Gasteiger partial charge on any atom is 0.305 e. The van der Waals surface area contributed by atoms with E-state index in [2.05, 4.69) is 47.3 Å². The number of aliphatic carboxylic acids is 1. The molecule has 1 aromatic heterocycles. The minimum absolute atomic E-state index is 0.00458. The molecule has 0 amide bonds. The van der Waals surface area contributed by atoms with Gasteiger partial charge in [-0.25, -0.2) is 4.68 Å². The molecule has 1 N–H and O–H groups in total. The van der Waals surface area contributed by atoms with Crippen LogP contribution in [0, 0.1) is 0 Å². The summed E-state index contributed by atoms with van der Waals surface area (Å²) in [7, 11) is 0. The first-order valence-electron chi connectivity index (χ1n) is 12.2. The van der Waals surface area contributed by atoms with Crippen LogP contribution >= 0.6 is 0 Å². The molecule has 5 heteroatoms. The van der Waals surface area contributed by atoms with Gasteiger partial charge in [-0.2, -0.15) is 5.10 Å². The summed E-state index contributed by atoms with van der Waals surface area (Å²) in [6.45, 7) is 2.78. The van der Waals surface area contributed by atoms with Crippen LogP contribution in [0.25, 0.3) is 16.6 Å². The van der Waals surface area contributed by atoms with Crippen LogP contribution in [0.2, 0.25) is 0 Å². The molecule has 5 rings (SSSR count). The molecule has 0 radical (unpaired) electrons. The lowest BCUT2D eigenvalue weighted by atomic mass is 9.96. The third-order valence-electron chi connectivity index (χ3n) is 6.73. The Balaban J connectivity index is 1.59. The van der Waals surface area contributed by atoms with Crippen molar-refractivity contribution in [1.82, 2.24) is 14.7 Å². The van der Waals surface area contributed by atoms with Gasteiger partial charge in [0.1, 0.15) is 0 Å². The zero-order valence-electron chi connectivity index (χ0n) is 20.2. The number of carbonyl (C=O) groups is 1. The lowest BCUT2D eigenvalue weighted by Gasteiger charge is -2.37. The largest absolute Gasteiger partial charge is 0.481 e. The Bertz CT molecular complexity index is 1450. The maximum atomic E-state index is 12.1. The molecular formula is C31H29N3O2. The van der Waals surface area contributed by atoms with Crippen LogP contribution in [-0.2, 0) is 11.3 Å². The normalized spacial score (nSPS) is 13.1. The fourth-order valence-electron chi connectivity index (χ4n) is 4.87. The number of benzene rings is 4. The average molecular weight is 476 g/mol. The molecule has 5 aromatic rings. The van der Waals surface area contributed by atoms with E-state index >= 15 is 0 Å². The standard InChI is InChI=1S/C31H29N3O2/c1-23(25-13-6-3-7-14-25)33(22-24-11-4-2-5-12-24)30(20-31(35)36)26-16-10-17-28(19-26)34-29-18-9-8-15-27(29)21-32-34/h2-19,21,23,30H,20,22H2,1H3,(H,35,36)/t23-,30?/m1/s1. The van der Waals surface area contributed by atoms with Gasteiger partial charge in [0.2, 0.25) is 0 Å². The molecular weight excluding hydrogens is 446 g/mol. The number of hydrogen-bond donors (Lipinski definition) is 1. The van der Waals surface area contributed by atoms with E-state index in [1.54, 1.807) is 0 Å². The van der Waals surface area contributed by atoms with E-state index in [1.165, 1.54) is 0 Å². The highest BCUT2D eigenvalue weighted by Crippen LogP contribution is 2.35. The molecule has 0 saturated carbocycles. The summed E-state index contributed by atoms with van der Waals surface area (Å²) in [6, 6.07) is 36.4. The van der Waals surface area contributed by atoms with E-state index in [-0.39, 0.29) is 18.5 Å². The number of para-hydroxylation sites is 1. The van der Waals surface area contributed by atoms with Crippen LogP contribution in [-0.4, -0.2) is 25.8 Å². The third-order valence-corrected chi connectivity index (χ3v) is 6.73. The average Bonchev–Trinajstić information content (AvgIpc) is 3.36. The molecule has 36 heavy (non-hydrogen) atoms. The molecule has 0 aliphatic rings. The van der Waals surface area contributed by atoms with Crippen molar-refractivity contribution in [2.24, 2.45) is 0 Å². The Morgan fingerprint density at radius 1 is 0.861 bits per heavy atom. The highest BCUT2D eigenvalue weighted by atomic mass is 16.4. The molecule has 0 bridgehead atoms. The molecule has 0 aliphatic carbocycles. The van der Waals surface area contributed by atoms with E-state index in [4.69, 9.17) is 0 Å². The Morgan fingerprint density at radius 2 is 1.53 bits per heavy atom. The molecule has 0 fully saturated rings. The van der Waals surface area contributed by atoms with Crippen molar-refractivity contribution in [2.75, 3.05) is 0 Å². The van der Waals surface area contributed by atoms with Crippen LogP contribution < -0.4 is 0 Å². The molecule has 2 atom stereocenters. The Kier molecular flexibility index (Phi) is 6.92. The second kappa shape index (κ2) is 10.6. The summed E-state index contributed by atoms with van der Waals surface area (Å²) in [5, 5.41) is 15.6. The summed E-state index contributed by atoms with van der Waals surface area (Å²) in [5.74, 6) is -0.826. The van der Waals surface area contributed by atoms with Crippen molar-refractivity contribution in [3.63, 3.8) is 0 Å². The monoisotopic (exact) mass is 475 g/mol. The van der Waals surface area contributed by atoms with Crippen LogP contribution in [0.4, 0.5) is 0 Å². The first-order valence-corrected chi connectivity index (χ1v) is 12.2. The lowest BCUT2D eigenvalue weighted by Crippen LogP contribution is -2.32. The molecule has 1 unspecified atom stereocenters. The second-order valence-corrected chi connectivity index (χ2v) is 9.07. The quantitative estimate of drug-likeness (QED) is 0.255. The molecule has 0 aliphatic heterocycles. The highest BCUT2D eigenvalue weighted by Gasteiger charge is 2.28. The fraction of sp³-hybridized carbons (Fsp3) is 0.161. The first-order chi connectivity index (χ1) is 17.6. The molecule has 1 heterocycles. The number of carboxylic acid groups (broad SMARTS) is 1. The number of nitrogens with zero attached hydrogens (tertiary/aromatic N) is 3. The summed E-state index contributed by atoms with van der Waals surface area (Å²) in [6.07, 6.45) is 1.85. The summed E-state index contributed by atoms with van der Waals surface area (Å²) in [4.78, 5) is 14.4. The van der Waals surface area contributed by atoms with Gasteiger partial charge in [-0.15, -0.1) is 0 Å². The SMILES string of the molecule is C[C@H](c1ccccc1)N(Cc1ccccc1)C(CC(=O)O)c1cccc(-n2ncc3ccccc32)c1. The minimum atomic E-state index is -0.826. The van der Waals surface area contributed by atoms with Crippen molar-refractivity contribution in [3.8, 4) is 5.69 Å². The number of aromatic nitrogens is 2. The van der Waals surface area contributed by atoms with Gasteiger partial charge in [0.15, 0.2) is 0 Å². The third kappa shape index (κ3) is 5.07. The van der Waals surface area contributed by atoms with E-state index < -0.39 is 5.97 Å². The minimum Gasteiger partial charge on any atom is -0.481 e. The zero-order valence-corrected chi connectivity index (χ0v) is 20.2. The maximum absolute atomic E-state index is 12.1. The molecule has 180 valence electrons. The number of rotatable bonds is 9. The van der Waals surface area contributed by atoms with Gasteiger partial charge in [0, 0.05) is 24.0 Å². The van der Waals surface area contributed by atoms with Gasteiger partial charge < -0.3 is 5.11 Å². The summed E-state index contributed by atoms with van der Waals surface area (Å²) in [5.41, 5.74) is 5.18. The van der Waals surface area contributed by atoms with Gasteiger partial charge in [0.05, 0.1) is 23.8 Å². The Hall–Kier alpha value is -4.22. The van der Waals surface area contributed by atoms with Crippen LogP contribution in [0.5, 0.6) is 0 Å². The van der Waals surface area contributed by atoms with Crippen molar-refractivity contribution >= 4 is 16.9 Å². The van der Waals surface area contributed by atoms with E-state index in [1.807, 2.05) is 89.7 Å². The van der Waals surface area contributed by atoms with Gasteiger partial charge >= 0.3 is 5.97 Å². The highest BCUT2D eigenvalue weighted by molar-refractivity contribution is 5.80. The van der Waals surface area contributed by atoms with Crippen LogP contribution in [0.3, 0.4) is 0 Å². The predicted octanol–water partition coefficient (Wildman–Crippen LogP) is 6.80. The first kappa shape index (κ1) is 23.5. The Morgan fingerprint density at radius 3 is 2.28 bits per heavy atom. The van der Waals surface area contributed by atoms with Crippen molar-refractivity contribution < 1.29 is 9.90 Å². The van der Waals surface area contributed by atoms with Gasteiger partial charge in [-0.3, -0.25) is 9.69 Å². The lowest BCUT2D eigenvalue weighted by molar-refractivity contribution is -0.138. The summed E-state index contributed by atoms with van der Waals surface area (Å²) < 4.78 is 1.92. The smallest absolute Gasteiger partial charge is 0.305 e. The predicted molar refractivity (Wildman–Crippen MR) is 143 cm³/mol. The number of hydrogen-bond acceptors (Lipinski definition) is 3. The number of fused-ring (bicyclic) bond motifs is 1. The van der Waals surface area contributed by atoms with Crippen LogP contribution in [0.1, 0.15) is 42.1 Å². The molecule has 4 aromatic carbocycles. The van der Waals surface area contributed by atoms with Gasteiger partial charge in [-0.1, -0.05) is 91.0 Å². The van der Waals surface area contributed by atoms with Gasteiger partial charge in [0.25, 0.3) is 0 Å². The van der Waals surface area contributed by atoms with Gasteiger partial charge in [-0.05, 0) is 41.8 Å². The summed E-state index contributed by atoms with van der Waals surface area (Å²) >= 11 is 0. The zero-order chi connectivity index (χ0) is 24.9. The van der Waals surface area contributed by atoms with E-state index in [9.17, 15) is 9.90 Å². The topological polar surface area (TPSA) is 58.4 Å². The van der Waals surface area contributed by atoms with Crippen molar-refractivity contribution in [3.05, 3.63) is 132 Å². The van der Waals surface area contributed by atoms with Crippen molar-refractivity contribution in [2.45, 2.75) is 32.0 Å². The molecule has 5 nitrogen and oxygen atoms in total. The Labute approximate surface area is 211 Å². The fourth-order valence-corrected chi connectivity index (χ4v) is 4.87.